The van der Waals surface area contributed by atoms with Gasteiger partial charge in [-0.3, -0.25) is 4.68 Å². The maximum atomic E-state index is 4.19. The second-order valence-corrected chi connectivity index (χ2v) is 5.48. The van der Waals surface area contributed by atoms with Crippen LogP contribution in [0.4, 0.5) is 0 Å². The van der Waals surface area contributed by atoms with Crippen molar-refractivity contribution in [3.8, 4) is 0 Å². The van der Waals surface area contributed by atoms with E-state index in [2.05, 4.69) is 37.4 Å². The first-order valence-electron chi connectivity index (χ1n) is 5.55. The topological polar surface area (TPSA) is 29.9 Å². The molecule has 0 amide bonds. The number of hydrogen-bond donors (Lipinski definition) is 1. The van der Waals surface area contributed by atoms with Gasteiger partial charge in [-0.1, -0.05) is 20.8 Å². The van der Waals surface area contributed by atoms with Crippen LogP contribution in [0, 0.1) is 5.41 Å². The lowest BCUT2D eigenvalue weighted by Gasteiger charge is -2.25. The standard InChI is InChI=1S/C12H23N3/c1-12(2,3)7-11(13-4)6-10-8-14-15(5)9-10/h8-9,11,13H,6-7H2,1-5H3. The molecule has 0 saturated carbocycles. The number of aryl methyl sites for hydroxylation is 1. The average molecular weight is 209 g/mol. The summed E-state index contributed by atoms with van der Waals surface area (Å²) in [5.74, 6) is 0. The van der Waals surface area contributed by atoms with Crippen LogP contribution < -0.4 is 5.32 Å². The maximum absolute atomic E-state index is 4.19. The molecule has 86 valence electrons. The van der Waals surface area contributed by atoms with Gasteiger partial charge < -0.3 is 5.32 Å². The van der Waals surface area contributed by atoms with Crippen LogP contribution in [-0.4, -0.2) is 22.9 Å². The molecule has 0 fully saturated rings. The molecule has 1 aromatic rings. The van der Waals surface area contributed by atoms with E-state index in [-0.39, 0.29) is 0 Å². The minimum atomic E-state index is 0.371. The number of hydrogen-bond acceptors (Lipinski definition) is 2. The fourth-order valence-electron chi connectivity index (χ4n) is 1.88. The Bertz CT molecular complexity index is 296. The molecule has 0 aromatic carbocycles. The Hall–Kier alpha value is -0.830. The fraction of sp³-hybridized carbons (Fsp3) is 0.750. The maximum Gasteiger partial charge on any atom is 0.0522 e. The van der Waals surface area contributed by atoms with Gasteiger partial charge in [-0.2, -0.15) is 5.10 Å². The first-order chi connectivity index (χ1) is 6.90. The number of nitrogens with one attached hydrogen (secondary N) is 1. The Morgan fingerprint density at radius 1 is 1.47 bits per heavy atom. The van der Waals surface area contributed by atoms with E-state index in [4.69, 9.17) is 0 Å². The zero-order chi connectivity index (χ0) is 11.5. The van der Waals surface area contributed by atoms with Gasteiger partial charge in [0.05, 0.1) is 6.20 Å². The molecule has 0 bridgehead atoms. The molecule has 1 rings (SSSR count). The van der Waals surface area contributed by atoms with Crippen molar-refractivity contribution in [3.63, 3.8) is 0 Å². The van der Waals surface area contributed by atoms with E-state index in [0.717, 1.165) is 6.42 Å². The van der Waals surface area contributed by atoms with E-state index in [0.29, 0.717) is 11.5 Å². The summed E-state index contributed by atoms with van der Waals surface area (Å²) in [6.07, 6.45) is 6.28. The Kier molecular flexibility index (Phi) is 3.91. The van der Waals surface area contributed by atoms with E-state index in [9.17, 15) is 0 Å². The van der Waals surface area contributed by atoms with Crippen molar-refractivity contribution in [1.82, 2.24) is 15.1 Å². The summed E-state index contributed by atoms with van der Waals surface area (Å²) in [7, 11) is 3.99. The van der Waals surface area contributed by atoms with Crippen molar-refractivity contribution in [3.05, 3.63) is 18.0 Å². The normalized spacial score (nSPS) is 14.2. The Labute approximate surface area is 92.9 Å². The lowest BCUT2D eigenvalue weighted by atomic mass is 9.86. The highest BCUT2D eigenvalue weighted by Gasteiger charge is 2.17. The van der Waals surface area contributed by atoms with Gasteiger partial charge in [0.15, 0.2) is 0 Å². The highest BCUT2D eigenvalue weighted by Crippen LogP contribution is 2.22. The summed E-state index contributed by atoms with van der Waals surface area (Å²) < 4.78 is 1.86. The van der Waals surface area contributed by atoms with E-state index >= 15 is 0 Å². The number of nitrogens with zero attached hydrogens (tertiary/aromatic N) is 2. The van der Waals surface area contributed by atoms with Crippen LogP contribution in [0.25, 0.3) is 0 Å². The molecule has 0 saturated heterocycles. The second kappa shape index (κ2) is 4.79. The molecular weight excluding hydrogens is 186 g/mol. The third-order valence-electron chi connectivity index (χ3n) is 2.51. The van der Waals surface area contributed by atoms with Crippen LogP contribution in [0.1, 0.15) is 32.8 Å². The Morgan fingerprint density at radius 3 is 2.53 bits per heavy atom. The molecule has 1 atom stereocenters. The number of aromatic nitrogens is 2. The van der Waals surface area contributed by atoms with Crippen molar-refractivity contribution in [2.75, 3.05) is 7.05 Å². The lowest BCUT2D eigenvalue weighted by Crippen LogP contribution is -2.31. The van der Waals surface area contributed by atoms with Crippen molar-refractivity contribution in [2.45, 2.75) is 39.7 Å². The van der Waals surface area contributed by atoms with Crippen molar-refractivity contribution < 1.29 is 0 Å². The molecule has 0 aliphatic carbocycles. The monoisotopic (exact) mass is 209 g/mol. The van der Waals surface area contributed by atoms with Crippen LogP contribution in [0.15, 0.2) is 12.4 Å². The number of likely N-dealkylation sites (N-methyl/N-ethyl adjacent to an activating group) is 1. The largest absolute Gasteiger partial charge is 0.317 e. The quantitative estimate of drug-likeness (QED) is 0.822. The van der Waals surface area contributed by atoms with Crippen molar-refractivity contribution >= 4 is 0 Å². The lowest BCUT2D eigenvalue weighted by molar-refractivity contribution is 0.316. The summed E-state index contributed by atoms with van der Waals surface area (Å²) in [4.78, 5) is 0. The summed E-state index contributed by atoms with van der Waals surface area (Å²) in [6, 6.07) is 0.536. The molecule has 0 aliphatic rings. The van der Waals surface area contributed by atoms with Crippen LogP contribution >= 0.6 is 0 Å². The zero-order valence-electron chi connectivity index (χ0n) is 10.5. The molecule has 1 heterocycles. The summed E-state index contributed by atoms with van der Waals surface area (Å²) in [6.45, 7) is 6.84. The van der Waals surface area contributed by atoms with Crippen molar-refractivity contribution in [2.24, 2.45) is 12.5 Å². The highest BCUT2D eigenvalue weighted by molar-refractivity contribution is 5.06. The summed E-state index contributed by atoms with van der Waals surface area (Å²) >= 11 is 0. The zero-order valence-corrected chi connectivity index (χ0v) is 10.5. The minimum absolute atomic E-state index is 0.371. The van der Waals surface area contributed by atoms with Gasteiger partial charge in [0.2, 0.25) is 0 Å². The van der Waals surface area contributed by atoms with Gasteiger partial charge in [-0.05, 0) is 30.9 Å². The average Bonchev–Trinajstić information content (AvgIpc) is 2.47. The molecule has 3 nitrogen and oxygen atoms in total. The highest BCUT2D eigenvalue weighted by atomic mass is 15.2. The molecule has 1 N–H and O–H groups in total. The van der Waals surface area contributed by atoms with E-state index in [1.54, 1.807) is 0 Å². The third-order valence-corrected chi connectivity index (χ3v) is 2.51. The minimum Gasteiger partial charge on any atom is -0.317 e. The molecule has 3 heteroatoms. The summed E-state index contributed by atoms with van der Waals surface area (Å²) in [5.41, 5.74) is 1.68. The first-order valence-corrected chi connectivity index (χ1v) is 5.55. The predicted molar refractivity (Wildman–Crippen MR) is 63.8 cm³/mol. The molecule has 0 aliphatic heterocycles. The van der Waals surface area contributed by atoms with E-state index in [1.165, 1.54) is 12.0 Å². The molecule has 1 unspecified atom stereocenters. The van der Waals surface area contributed by atoms with Gasteiger partial charge in [0.25, 0.3) is 0 Å². The van der Waals surface area contributed by atoms with Crippen LogP contribution in [-0.2, 0) is 13.5 Å². The van der Waals surface area contributed by atoms with Crippen LogP contribution in [0.3, 0.4) is 0 Å². The molecule has 0 radical (unpaired) electrons. The second-order valence-electron chi connectivity index (χ2n) is 5.48. The fourth-order valence-corrected chi connectivity index (χ4v) is 1.88. The third kappa shape index (κ3) is 4.47. The Morgan fingerprint density at radius 2 is 2.13 bits per heavy atom. The van der Waals surface area contributed by atoms with Crippen molar-refractivity contribution in [1.29, 1.82) is 0 Å². The van der Waals surface area contributed by atoms with Crippen LogP contribution in [0.2, 0.25) is 0 Å². The molecular formula is C12H23N3. The molecule has 15 heavy (non-hydrogen) atoms. The van der Waals surface area contributed by atoms with E-state index in [1.807, 2.05) is 25.0 Å². The smallest absolute Gasteiger partial charge is 0.0522 e. The van der Waals surface area contributed by atoms with Gasteiger partial charge >= 0.3 is 0 Å². The first kappa shape index (κ1) is 12.2. The van der Waals surface area contributed by atoms with Gasteiger partial charge in [0.1, 0.15) is 0 Å². The van der Waals surface area contributed by atoms with Crippen LogP contribution in [0.5, 0.6) is 0 Å². The van der Waals surface area contributed by atoms with E-state index < -0.39 is 0 Å². The van der Waals surface area contributed by atoms with Gasteiger partial charge in [0, 0.05) is 19.3 Å². The van der Waals surface area contributed by atoms with Gasteiger partial charge in [-0.25, -0.2) is 0 Å². The predicted octanol–water partition coefficient (Wildman–Crippen LogP) is 1.99. The van der Waals surface area contributed by atoms with Gasteiger partial charge in [-0.15, -0.1) is 0 Å². The molecule has 0 spiro atoms. The summed E-state index contributed by atoms with van der Waals surface area (Å²) in [5, 5.41) is 7.57. The Balaban J connectivity index is 2.54. The number of rotatable bonds is 4. The SMILES string of the molecule is CNC(Cc1cnn(C)c1)CC(C)(C)C. The molecule has 1 aromatic heterocycles.